The number of carboxylic acids is 2. The zero-order valence-corrected chi connectivity index (χ0v) is 20.4. The SMILES string of the molecule is CO[C@H]1CCN(C(=O)c2ccccn2)[C@@H]2CN(Cc3ccco3)C[C@H]12.O=C(O)C(F)(F)F.O=C(O)C(F)(F)F. The first-order valence-electron chi connectivity index (χ1n) is 11.2. The van der Waals surface area contributed by atoms with Crippen molar-refractivity contribution in [2.45, 2.75) is 37.5 Å². The number of likely N-dealkylation sites (tertiary alicyclic amines) is 2. The molecule has 0 unspecified atom stereocenters. The fourth-order valence-electron chi connectivity index (χ4n) is 4.17. The molecular weight excluding hydrogens is 544 g/mol. The summed E-state index contributed by atoms with van der Waals surface area (Å²) in [7, 11) is 1.77. The summed E-state index contributed by atoms with van der Waals surface area (Å²) in [6.07, 6.45) is -5.73. The monoisotopic (exact) mass is 569 g/mol. The van der Waals surface area contributed by atoms with Crippen molar-refractivity contribution in [3.05, 3.63) is 54.2 Å². The van der Waals surface area contributed by atoms with Crippen LogP contribution in [0.4, 0.5) is 26.3 Å². The third-order valence-electron chi connectivity index (χ3n) is 5.83. The Balaban J connectivity index is 0.000000317. The van der Waals surface area contributed by atoms with Crippen molar-refractivity contribution >= 4 is 17.8 Å². The van der Waals surface area contributed by atoms with E-state index in [2.05, 4.69) is 9.88 Å². The third kappa shape index (κ3) is 9.24. The van der Waals surface area contributed by atoms with Crippen LogP contribution in [0.3, 0.4) is 0 Å². The molecule has 216 valence electrons. The molecule has 16 heteroatoms. The fraction of sp³-hybridized carbons (Fsp3) is 0.478. The number of carbonyl (C=O) groups excluding carboxylic acids is 1. The van der Waals surface area contributed by atoms with Gasteiger partial charge in [0.1, 0.15) is 11.5 Å². The van der Waals surface area contributed by atoms with Gasteiger partial charge in [0.15, 0.2) is 0 Å². The first-order valence-corrected chi connectivity index (χ1v) is 11.2. The second-order valence-electron chi connectivity index (χ2n) is 8.39. The van der Waals surface area contributed by atoms with Gasteiger partial charge in [0.05, 0.1) is 25.0 Å². The molecule has 2 aromatic rings. The number of carboxylic acid groups (broad SMARTS) is 2. The van der Waals surface area contributed by atoms with Crippen molar-refractivity contribution in [2.24, 2.45) is 5.92 Å². The Morgan fingerprint density at radius 1 is 1.03 bits per heavy atom. The third-order valence-corrected chi connectivity index (χ3v) is 5.83. The van der Waals surface area contributed by atoms with Crippen LogP contribution in [0.2, 0.25) is 0 Å². The number of amides is 1. The van der Waals surface area contributed by atoms with Crippen LogP contribution in [0.5, 0.6) is 0 Å². The molecule has 0 radical (unpaired) electrons. The minimum atomic E-state index is -5.08. The maximum atomic E-state index is 12.9. The maximum Gasteiger partial charge on any atom is 0.490 e. The normalized spacial score (nSPS) is 21.1. The number of ether oxygens (including phenoxy) is 1. The van der Waals surface area contributed by atoms with Gasteiger partial charge in [-0.1, -0.05) is 6.07 Å². The molecule has 0 bridgehead atoms. The summed E-state index contributed by atoms with van der Waals surface area (Å²) >= 11 is 0. The highest BCUT2D eigenvalue weighted by molar-refractivity contribution is 5.92. The number of hydrogen-bond donors (Lipinski definition) is 2. The van der Waals surface area contributed by atoms with Gasteiger partial charge in [-0.05, 0) is 30.7 Å². The number of piperidine rings is 1. The largest absolute Gasteiger partial charge is 0.490 e. The highest BCUT2D eigenvalue weighted by Gasteiger charge is 2.46. The molecule has 2 aliphatic heterocycles. The van der Waals surface area contributed by atoms with Gasteiger partial charge < -0.3 is 24.3 Å². The van der Waals surface area contributed by atoms with Crippen LogP contribution in [-0.4, -0.2) is 94.1 Å². The Hall–Kier alpha value is -3.66. The van der Waals surface area contributed by atoms with Crippen LogP contribution in [0.1, 0.15) is 22.7 Å². The minimum absolute atomic E-state index is 0.0185. The molecule has 0 aromatic carbocycles. The van der Waals surface area contributed by atoms with Gasteiger partial charge in [-0.25, -0.2) is 9.59 Å². The second-order valence-corrected chi connectivity index (χ2v) is 8.39. The highest BCUT2D eigenvalue weighted by atomic mass is 19.4. The van der Waals surface area contributed by atoms with E-state index >= 15 is 0 Å². The van der Waals surface area contributed by atoms with Crippen molar-refractivity contribution in [3.63, 3.8) is 0 Å². The number of halogens is 6. The molecule has 2 aromatic heterocycles. The van der Waals surface area contributed by atoms with Crippen molar-refractivity contribution in [1.82, 2.24) is 14.8 Å². The van der Waals surface area contributed by atoms with Crippen LogP contribution >= 0.6 is 0 Å². The fourth-order valence-corrected chi connectivity index (χ4v) is 4.17. The molecular formula is C23H25F6N3O7. The average molecular weight is 569 g/mol. The molecule has 2 N–H and O–H groups in total. The summed E-state index contributed by atoms with van der Waals surface area (Å²) in [6, 6.07) is 9.53. The first-order chi connectivity index (χ1) is 18.1. The first kappa shape index (κ1) is 31.6. The van der Waals surface area contributed by atoms with E-state index in [0.717, 1.165) is 31.8 Å². The zero-order valence-electron chi connectivity index (χ0n) is 20.4. The summed E-state index contributed by atoms with van der Waals surface area (Å²) in [5.41, 5.74) is 0.515. The van der Waals surface area contributed by atoms with E-state index in [1.165, 1.54) is 0 Å². The lowest BCUT2D eigenvalue weighted by atomic mass is 9.88. The molecule has 4 heterocycles. The van der Waals surface area contributed by atoms with Crippen molar-refractivity contribution in [1.29, 1.82) is 0 Å². The Labute approximate surface area is 217 Å². The van der Waals surface area contributed by atoms with E-state index in [-0.39, 0.29) is 18.1 Å². The number of carbonyl (C=O) groups is 3. The van der Waals surface area contributed by atoms with Gasteiger partial charge in [0.25, 0.3) is 5.91 Å². The molecule has 10 nitrogen and oxygen atoms in total. The van der Waals surface area contributed by atoms with Crippen molar-refractivity contribution in [2.75, 3.05) is 26.7 Å². The summed E-state index contributed by atoms with van der Waals surface area (Å²) in [6.45, 7) is 3.23. The van der Waals surface area contributed by atoms with Crippen LogP contribution in [0, 0.1) is 5.92 Å². The molecule has 2 aliphatic rings. The summed E-state index contributed by atoms with van der Waals surface area (Å²) < 4.78 is 74.7. The molecule has 0 spiro atoms. The molecule has 39 heavy (non-hydrogen) atoms. The van der Waals surface area contributed by atoms with Gasteiger partial charge in [0.2, 0.25) is 0 Å². The molecule has 2 fully saturated rings. The molecule has 1 amide bonds. The molecule has 2 saturated heterocycles. The highest BCUT2D eigenvalue weighted by Crippen LogP contribution is 2.34. The molecule has 0 saturated carbocycles. The number of rotatable bonds is 4. The van der Waals surface area contributed by atoms with Gasteiger partial charge in [0, 0.05) is 38.9 Å². The number of fused-ring (bicyclic) bond motifs is 1. The predicted molar refractivity (Wildman–Crippen MR) is 119 cm³/mol. The lowest BCUT2D eigenvalue weighted by Crippen LogP contribution is -2.53. The van der Waals surface area contributed by atoms with E-state index in [4.69, 9.17) is 29.0 Å². The Bertz CT molecular complexity index is 1060. The van der Waals surface area contributed by atoms with Crippen LogP contribution in [0.15, 0.2) is 47.2 Å². The van der Waals surface area contributed by atoms with Gasteiger partial charge in [-0.15, -0.1) is 0 Å². The summed E-state index contributed by atoms with van der Waals surface area (Å²) in [5, 5.41) is 14.2. The minimum Gasteiger partial charge on any atom is -0.475 e. The number of nitrogens with zero attached hydrogens (tertiary/aromatic N) is 3. The zero-order chi connectivity index (χ0) is 29.4. The quantitative estimate of drug-likeness (QED) is 0.532. The lowest BCUT2D eigenvalue weighted by molar-refractivity contribution is -0.193. The standard InChI is InChI=1S/C19H23N3O3.2C2HF3O2/c1-24-18-7-9-22(19(23)16-6-2-3-8-20-16)17-13-21(12-15(17)18)11-14-5-4-10-25-14;2*3-2(4,5)1(6)7/h2-6,8,10,15,17-18H,7,9,11-13H2,1H3;2*(H,6,7)/t15-,17+,18-;;/m0../s1. The van der Waals surface area contributed by atoms with Gasteiger partial charge in [-0.2, -0.15) is 26.3 Å². The van der Waals surface area contributed by atoms with Crippen LogP contribution in [-0.2, 0) is 20.9 Å². The predicted octanol–water partition coefficient (Wildman–Crippen LogP) is 3.30. The molecule has 4 rings (SSSR count). The summed E-state index contributed by atoms with van der Waals surface area (Å²) in [5.74, 6) is -4.22. The van der Waals surface area contributed by atoms with E-state index in [0.29, 0.717) is 18.2 Å². The maximum absolute atomic E-state index is 12.9. The second kappa shape index (κ2) is 13.4. The molecule has 0 aliphatic carbocycles. The number of pyridine rings is 1. The number of methoxy groups -OCH3 is 1. The molecule has 3 atom stereocenters. The number of hydrogen-bond acceptors (Lipinski definition) is 7. The number of alkyl halides is 6. The van der Waals surface area contributed by atoms with Gasteiger partial charge in [-0.3, -0.25) is 14.7 Å². The Morgan fingerprint density at radius 3 is 2.10 bits per heavy atom. The van der Waals surface area contributed by atoms with Gasteiger partial charge >= 0.3 is 24.3 Å². The van der Waals surface area contributed by atoms with E-state index in [1.807, 2.05) is 29.2 Å². The topological polar surface area (TPSA) is 133 Å². The average Bonchev–Trinajstić information content (AvgIpc) is 3.53. The summed E-state index contributed by atoms with van der Waals surface area (Å²) in [4.78, 5) is 39.3. The Morgan fingerprint density at radius 2 is 1.64 bits per heavy atom. The lowest BCUT2D eigenvalue weighted by Gasteiger charge is -2.40. The smallest absolute Gasteiger partial charge is 0.475 e. The van der Waals surface area contributed by atoms with E-state index in [9.17, 15) is 31.1 Å². The van der Waals surface area contributed by atoms with Crippen LogP contribution < -0.4 is 0 Å². The van der Waals surface area contributed by atoms with Crippen LogP contribution in [0.25, 0.3) is 0 Å². The van der Waals surface area contributed by atoms with E-state index in [1.54, 1.807) is 25.6 Å². The van der Waals surface area contributed by atoms with Crippen molar-refractivity contribution < 1.29 is 60.1 Å². The number of aromatic nitrogens is 1. The Kier molecular flexibility index (Phi) is 10.9. The van der Waals surface area contributed by atoms with E-state index < -0.39 is 24.3 Å². The van der Waals surface area contributed by atoms with Crippen molar-refractivity contribution in [3.8, 4) is 0 Å². The number of aliphatic carboxylic acids is 2. The number of furan rings is 1.